The third-order valence-electron chi connectivity index (χ3n) is 11.5. The lowest BCUT2D eigenvalue weighted by Crippen LogP contribution is -2.51. The van der Waals surface area contributed by atoms with Crippen molar-refractivity contribution in [3.63, 3.8) is 0 Å². The second-order valence-corrected chi connectivity index (χ2v) is 21.2. The Morgan fingerprint density at radius 1 is 1.02 bits per heavy atom. The number of hydrogen-bond acceptors (Lipinski definition) is 7. The Balaban J connectivity index is 2.24. The third-order valence-corrected chi connectivity index (χ3v) is 16.0. The number of aliphatic hydroxyl groups excluding tert-OH is 1. The number of hydrogen-bond donors (Lipinski definition) is 1. The molecule has 1 fully saturated rings. The summed E-state index contributed by atoms with van der Waals surface area (Å²) in [6, 6.07) is 10.2. The fraction of sp³-hybridized carbons (Fsp3) is 0.800. The molecule has 0 aliphatic carbocycles. The lowest BCUT2D eigenvalue weighted by Gasteiger charge is -2.45. The van der Waals surface area contributed by atoms with Crippen molar-refractivity contribution < 1.29 is 33.3 Å². The summed E-state index contributed by atoms with van der Waals surface area (Å²) in [5.74, 6) is -1.13. The van der Waals surface area contributed by atoms with Gasteiger partial charge in [-0.05, 0) is 73.6 Å². The minimum Gasteiger partial charge on any atom is -0.469 e. The van der Waals surface area contributed by atoms with Crippen molar-refractivity contribution in [2.24, 2.45) is 41.4 Å². The Morgan fingerprint density at radius 3 is 2.19 bits per heavy atom. The van der Waals surface area contributed by atoms with E-state index in [1.165, 1.54) is 7.11 Å². The van der Waals surface area contributed by atoms with E-state index in [0.29, 0.717) is 32.0 Å². The number of Topliss-reactive ketones (excluding diaryl/α,β-unsaturated/α-hetero) is 1. The highest BCUT2D eigenvalue weighted by atomic mass is 28.4. The van der Waals surface area contributed by atoms with Gasteiger partial charge in [-0.25, -0.2) is 0 Å². The first kappa shape index (κ1) is 42.6. The highest BCUT2D eigenvalue weighted by Gasteiger charge is 2.46. The van der Waals surface area contributed by atoms with Crippen LogP contribution in [0, 0.1) is 41.4 Å². The molecule has 0 amide bonds. The molecule has 2 rings (SSSR count). The molecule has 11 atom stereocenters. The Hall–Kier alpha value is -1.58. The van der Waals surface area contributed by atoms with Crippen LogP contribution in [0.5, 0.6) is 0 Å². The molecule has 48 heavy (non-hydrogen) atoms. The number of ether oxygens (including phenoxy) is 3. The Morgan fingerprint density at radius 2 is 1.65 bits per heavy atom. The van der Waals surface area contributed by atoms with E-state index in [1.54, 1.807) is 0 Å². The molecule has 0 unspecified atom stereocenters. The Kier molecular flexibility index (Phi) is 17.0. The number of aliphatic hydroxyl groups is 1. The van der Waals surface area contributed by atoms with Crippen LogP contribution in [0.1, 0.15) is 107 Å². The highest BCUT2D eigenvalue weighted by molar-refractivity contribution is 6.74. The van der Waals surface area contributed by atoms with Crippen molar-refractivity contribution in [2.45, 2.75) is 150 Å². The average Bonchev–Trinajstić information content (AvgIpc) is 3.04. The van der Waals surface area contributed by atoms with Crippen molar-refractivity contribution >= 4 is 20.1 Å². The maximum Gasteiger partial charge on any atom is 0.311 e. The summed E-state index contributed by atoms with van der Waals surface area (Å²) in [5, 5.41) is 11.8. The predicted octanol–water partition coefficient (Wildman–Crippen LogP) is 8.87. The first-order valence-electron chi connectivity index (χ1n) is 18.6. The molecule has 8 heteroatoms. The summed E-state index contributed by atoms with van der Waals surface area (Å²) in [7, 11) is -0.817. The standard InChI is InChI=1S/C40H70O7Si/c1-14-32(39(43)44-11)34-22-21-27(4)37(46-34)30(7)35(41)29(6)36(42)33(15-2)38(47-48(12,13)40(8,9)10)28(5)23-26(3)24-45-25-31-19-17-16-18-20-31/h16-20,26-30,32-35,37-38,41H,14-15,21-25H2,1-13H3/t26-,27+,28+,29+,30+,32-,33+,34-,35-,37-,38+/m1/s1. The zero-order valence-electron chi connectivity index (χ0n) is 32.6. The lowest BCUT2D eigenvalue weighted by atomic mass is 9.74. The van der Waals surface area contributed by atoms with Crippen LogP contribution in [0.4, 0.5) is 0 Å². The fourth-order valence-electron chi connectivity index (χ4n) is 7.32. The zero-order chi connectivity index (χ0) is 36.4. The van der Waals surface area contributed by atoms with Crippen LogP contribution in [-0.4, -0.2) is 63.3 Å². The molecule has 0 radical (unpaired) electrons. The van der Waals surface area contributed by atoms with Gasteiger partial charge in [-0.2, -0.15) is 0 Å². The molecule has 1 saturated heterocycles. The first-order chi connectivity index (χ1) is 22.4. The molecule has 0 aromatic heterocycles. The number of carbonyl (C=O) groups excluding carboxylic acids is 2. The molecule has 276 valence electrons. The number of carbonyl (C=O) groups is 2. The van der Waals surface area contributed by atoms with E-state index < -0.39 is 20.3 Å². The van der Waals surface area contributed by atoms with E-state index in [4.69, 9.17) is 18.6 Å². The first-order valence-corrected chi connectivity index (χ1v) is 21.5. The molecule has 1 aromatic carbocycles. The van der Waals surface area contributed by atoms with Crippen LogP contribution in [-0.2, 0) is 34.8 Å². The molecule has 0 bridgehead atoms. The number of ketones is 1. The van der Waals surface area contributed by atoms with Crippen LogP contribution in [0.3, 0.4) is 0 Å². The quantitative estimate of drug-likeness (QED) is 0.115. The summed E-state index contributed by atoms with van der Waals surface area (Å²) in [6.45, 7) is 26.9. The minimum absolute atomic E-state index is 0.0120. The van der Waals surface area contributed by atoms with Crippen molar-refractivity contribution in [3.05, 3.63) is 35.9 Å². The smallest absolute Gasteiger partial charge is 0.311 e. The fourth-order valence-corrected chi connectivity index (χ4v) is 8.75. The van der Waals surface area contributed by atoms with Gasteiger partial charge in [-0.15, -0.1) is 0 Å². The molecule has 0 spiro atoms. The van der Waals surface area contributed by atoms with Gasteiger partial charge in [0.25, 0.3) is 0 Å². The maximum atomic E-state index is 14.5. The largest absolute Gasteiger partial charge is 0.469 e. The number of rotatable bonds is 19. The topological polar surface area (TPSA) is 91.3 Å². The molecule has 7 nitrogen and oxygen atoms in total. The van der Waals surface area contributed by atoms with Gasteiger partial charge in [0.1, 0.15) is 5.78 Å². The van der Waals surface area contributed by atoms with E-state index in [2.05, 4.69) is 73.7 Å². The van der Waals surface area contributed by atoms with Crippen molar-refractivity contribution in [3.8, 4) is 0 Å². The van der Waals surface area contributed by atoms with E-state index in [0.717, 1.165) is 24.8 Å². The van der Waals surface area contributed by atoms with Crippen molar-refractivity contribution in [1.82, 2.24) is 0 Å². The van der Waals surface area contributed by atoms with E-state index in [1.807, 2.05) is 39.0 Å². The molecule has 1 aliphatic rings. The van der Waals surface area contributed by atoms with E-state index >= 15 is 0 Å². The Labute approximate surface area is 294 Å². The van der Waals surface area contributed by atoms with Crippen molar-refractivity contribution in [2.75, 3.05) is 13.7 Å². The molecule has 1 heterocycles. The van der Waals surface area contributed by atoms with Gasteiger partial charge in [0.15, 0.2) is 8.32 Å². The van der Waals surface area contributed by atoms with Gasteiger partial charge in [0.05, 0.1) is 44.1 Å². The van der Waals surface area contributed by atoms with Crippen LogP contribution in [0.15, 0.2) is 30.3 Å². The molecular formula is C40H70O7Si. The molecule has 1 aliphatic heterocycles. The summed E-state index contributed by atoms with van der Waals surface area (Å²) in [5.41, 5.74) is 1.16. The SMILES string of the molecule is CC[C@@H](C(=O)[C@@H](C)[C@@H](O)[C@H](C)[C@@H]1O[C@@H]([C@@H](CC)C(=O)OC)CC[C@@H]1C)[C@@H](O[Si](C)(C)C(C)(C)C)[C@@H](C)C[C@@H](C)COCc1ccccc1. The monoisotopic (exact) mass is 690 g/mol. The van der Waals surface area contributed by atoms with Gasteiger partial charge in [0.2, 0.25) is 0 Å². The summed E-state index contributed by atoms with van der Waals surface area (Å²) in [6.07, 6.45) is 2.16. The molecular weight excluding hydrogens is 621 g/mol. The van der Waals surface area contributed by atoms with Gasteiger partial charge in [-0.1, -0.05) is 99.6 Å². The van der Waals surface area contributed by atoms with Gasteiger partial charge in [0, 0.05) is 24.4 Å². The van der Waals surface area contributed by atoms with Crippen LogP contribution in [0.2, 0.25) is 18.1 Å². The molecule has 1 aromatic rings. The normalized spacial score (nSPS) is 24.1. The lowest BCUT2D eigenvalue weighted by molar-refractivity contribution is -0.171. The average molecular weight is 691 g/mol. The number of methoxy groups -OCH3 is 1. The third kappa shape index (κ3) is 11.5. The van der Waals surface area contributed by atoms with Gasteiger partial charge < -0.3 is 23.7 Å². The predicted molar refractivity (Wildman–Crippen MR) is 197 cm³/mol. The summed E-state index contributed by atoms with van der Waals surface area (Å²) in [4.78, 5) is 27.0. The maximum absolute atomic E-state index is 14.5. The molecule has 0 saturated carbocycles. The van der Waals surface area contributed by atoms with Crippen LogP contribution >= 0.6 is 0 Å². The zero-order valence-corrected chi connectivity index (χ0v) is 33.6. The minimum atomic E-state index is -2.23. The van der Waals surface area contributed by atoms with E-state index in [-0.39, 0.29) is 64.7 Å². The number of esters is 1. The van der Waals surface area contributed by atoms with Crippen LogP contribution in [0.25, 0.3) is 0 Å². The van der Waals surface area contributed by atoms with Gasteiger partial charge >= 0.3 is 5.97 Å². The van der Waals surface area contributed by atoms with Gasteiger partial charge in [-0.3, -0.25) is 9.59 Å². The summed E-state index contributed by atoms with van der Waals surface area (Å²) >= 11 is 0. The van der Waals surface area contributed by atoms with Crippen molar-refractivity contribution in [1.29, 1.82) is 0 Å². The molecule has 1 N–H and O–H groups in total. The number of benzene rings is 1. The second-order valence-electron chi connectivity index (χ2n) is 16.4. The highest BCUT2D eigenvalue weighted by Crippen LogP contribution is 2.42. The Bertz CT molecular complexity index is 1100. The van der Waals surface area contributed by atoms with E-state index in [9.17, 15) is 14.7 Å². The van der Waals surface area contributed by atoms with Crippen LogP contribution < -0.4 is 0 Å². The summed E-state index contributed by atoms with van der Waals surface area (Å²) < 4.78 is 24.9. The second kappa shape index (κ2) is 19.1.